The fraction of sp³-hybridized carbons (Fsp3) is 0.143. The number of aromatic nitrogens is 4. The van der Waals surface area contributed by atoms with E-state index < -0.39 is 35.3 Å². The molecule has 0 unspecified atom stereocenters. The molecule has 2 aromatic heterocycles. The summed E-state index contributed by atoms with van der Waals surface area (Å²) >= 11 is 0. The van der Waals surface area contributed by atoms with Gasteiger partial charge >= 0.3 is 5.69 Å². The molecule has 158 valence electrons. The van der Waals surface area contributed by atoms with Crippen LogP contribution in [0.1, 0.15) is 11.1 Å². The van der Waals surface area contributed by atoms with Crippen LogP contribution in [0.15, 0.2) is 58.3 Å². The van der Waals surface area contributed by atoms with E-state index in [0.717, 1.165) is 22.8 Å². The number of carbonyl (C=O) groups is 1. The number of rotatable bonds is 5. The summed E-state index contributed by atoms with van der Waals surface area (Å²) < 4.78 is 29.5. The van der Waals surface area contributed by atoms with E-state index in [2.05, 4.69) is 15.4 Å². The van der Waals surface area contributed by atoms with Crippen LogP contribution in [0, 0.1) is 18.6 Å². The zero-order valence-corrected chi connectivity index (χ0v) is 16.4. The van der Waals surface area contributed by atoms with Crippen molar-refractivity contribution in [2.45, 2.75) is 20.0 Å². The number of aromatic amines is 1. The molecule has 0 aliphatic rings. The third-order valence-corrected chi connectivity index (χ3v) is 4.80. The molecule has 0 aliphatic heterocycles. The first-order chi connectivity index (χ1) is 14.8. The van der Waals surface area contributed by atoms with Crippen LogP contribution in [0.25, 0.3) is 10.9 Å². The zero-order valence-electron chi connectivity index (χ0n) is 16.4. The molecule has 0 fully saturated rings. The van der Waals surface area contributed by atoms with E-state index in [1.807, 2.05) is 0 Å². The lowest BCUT2D eigenvalue weighted by atomic mass is 10.2. The normalized spacial score (nSPS) is 11.1. The standard InChI is InChI=1S/C21H17F2N5O3/c1-12-9-24-28(10-13-8-14(22)6-7-16(13)23)19(12)26-18(29)11-27-20(30)15-4-2-3-5-17(15)25-21(27)31/h2-9H,10-11H2,1H3,(H,25,31)(H,26,29). The Bertz CT molecular complexity index is 1420. The molecular weight excluding hydrogens is 408 g/mol. The zero-order chi connectivity index (χ0) is 22.1. The van der Waals surface area contributed by atoms with Crippen molar-refractivity contribution in [2.24, 2.45) is 0 Å². The first kappa shape index (κ1) is 20.2. The van der Waals surface area contributed by atoms with Crippen molar-refractivity contribution >= 4 is 22.6 Å². The highest BCUT2D eigenvalue weighted by molar-refractivity contribution is 5.90. The van der Waals surface area contributed by atoms with Crippen LogP contribution in [-0.4, -0.2) is 25.2 Å². The predicted molar refractivity (Wildman–Crippen MR) is 110 cm³/mol. The number of fused-ring (bicyclic) bond motifs is 1. The number of carbonyl (C=O) groups excluding carboxylic acids is 1. The molecule has 0 spiro atoms. The van der Waals surface area contributed by atoms with Gasteiger partial charge in [-0.15, -0.1) is 0 Å². The molecule has 0 bridgehead atoms. The quantitative estimate of drug-likeness (QED) is 0.512. The topological polar surface area (TPSA) is 102 Å². The van der Waals surface area contributed by atoms with E-state index in [-0.39, 0.29) is 23.3 Å². The Morgan fingerprint density at radius 1 is 1.16 bits per heavy atom. The summed E-state index contributed by atoms with van der Waals surface area (Å²) in [6.45, 7) is 1.03. The maximum Gasteiger partial charge on any atom is 0.329 e. The van der Waals surface area contributed by atoms with Crippen LogP contribution >= 0.6 is 0 Å². The molecule has 2 N–H and O–H groups in total. The van der Waals surface area contributed by atoms with Crippen molar-refractivity contribution in [2.75, 3.05) is 5.32 Å². The first-order valence-electron chi connectivity index (χ1n) is 9.31. The summed E-state index contributed by atoms with van der Waals surface area (Å²) in [6.07, 6.45) is 1.46. The van der Waals surface area contributed by atoms with Crippen molar-refractivity contribution in [3.05, 3.63) is 92.3 Å². The van der Waals surface area contributed by atoms with Gasteiger partial charge in [-0.25, -0.2) is 18.3 Å². The monoisotopic (exact) mass is 425 g/mol. The van der Waals surface area contributed by atoms with Crippen molar-refractivity contribution in [3.8, 4) is 0 Å². The Balaban J connectivity index is 1.60. The van der Waals surface area contributed by atoms with Gasteiger partial charge in [0.25, 0.3) is 5.56 Å². The van der Waals surface area contributed by atoms with Gasteiger partial charge in [-0.2, -0.15) is 5.10 Å². The molecule has 4 rings (SSSR count). The third-order valence-electron chi connectivity index (χ3n) is 4.80. The molecule has 0 saturated carbocycles. The minimum absolute atomic E-state index is 0.0563. The lowest BCUT2D eigenvalue weighted by Crippen LogP contribution is -2.38. The Hall–Kier alpha value is -4.08. The Morgan fingerprint density at radius 3 is 2.74 bits per heavy atom. The number of hydrogen-bond acceptors (Lipinski definition) is 4. The minimum atomic E-state index is -0.717. The van der Waals surface area contributed by atoms with Crippen LogP contribution in [0.4, 0.5) is 14.6 Å². The molecule has 2 aromatic carbocycles. The average molecular weight is 425 g/mol. The Morgan fingerprint density at radius 2 is 1.94 bits per heavy atom. The molecule has 8 nitrogen and oxygen atoms in total. The number of H-pyrrole nitrogens is 1. The minimum Gasteiger partial charge on any atom is -0.309 e. The van der Waals surface area contributed by atoms with Crippen molar-refractivity contribution in [1.29, 1.82) is 0 Å². The van der Waals surface area contributed by atoms with Gasteiger partial charge in [0, 0.05) is 11.1 Å². The van der Waals surface area contributed by atoms with Gasteiger partial charge in [0.05, 0.1) is 23.6 Å². The number of para-hydroxylation sites is 1. The van der Waals surface area contributed by atoms with E-state index >= 15 is 0 Å². The van der Waals surface area contributed by atoms with Gasteiger partial charge in [0.2, 0.25) is 5.91 Å². The van der Waals surface area contributed by atoms with Gasteiger partial charge < -0.3 is 10.3 Å². The molecule has 4 aromatic rings. The molecule has 10 heteroatoms. The number of nitrogens with zero attached hydrogens (tertiary/aromatic N) is 3. The Kier molecular flexibility index (Phi) is 5.20. The lowest BCUT2D eigenvalue weighted by molar-refractivity contribution is -0.116. The average Bonchev–Trinajstić information content (AvgIpc) is 3.07. The molecule has 1 amide bonds. The van der Waals surface area contributed by atoms with Crippen LogP contribution in [0.3, 0.4) is 0 Å². The van der Waals surface area contributed by atoms with E-state index in [9.17, 15) is 23.2 Å². The summed E-state index contributed by atoms with van der Waals surface area (Å²) in [4.78, 5) is 40.0. The summed E-state index contributed by atoms with van der Waals surface area (Å²) in [5, 5.41) is 6.97. The van der Waals surface area contributed by atoms with E-state index in [1.54, 1.807) is 31.2 Å². The summed E-state index contributed by atoms with van der Waals surface area (Å²) in [6, 6.07) is 9.54. The van der Waals surface area contributed by atoms with Gasteiger partial charge in [-0.05, 0) is 37.3 Å². The third kappa shape index (κ3) is 4.00. The maximum atomic E-state index is 14.0. The number of amides is 1. The molecule has 0 atom stereocenters. The molecular formula is C21H17F2N5O3. The van der Waals surface area contributed by atoms with Gasteiger partial charge in [-0.3, -0.25) is 14.2 Å². The van der Waals surface area contributed by atoms with Crippen molar-refractivity contribution in [3.63, 3.8) is 0 Å². The highest BCUT2D eigenvalue weighted by Crippen LogP contribution is 2.18. The predicted octanol–water partition coefficient (Wildman–Crippen LogP) is 2.16. The first-order valence-corrected chi connectivity index (χ1v) is 9.31. The second-order valence-corrected chi connectivity index (χ2v) is 6.98. The smallest absolute Gasteiger partial charge is 0.309 e. The van der Waals surface area contributed by atoms with Crippen LogP contribution in [-0.2, 0) is 17.9 Å². The summed E-state index contributed by atoms with van der Waals surface area (Å²) in [5.74, 6) is -1.60. The van der Waals surface area contributed by atoms with Gasteiger partial charge in [-0.1, -0.05) is 12.1 Å². The van der Waals surface area contributed by atoms with E-state index in [0.29, 0.717) is 11.1 Å². The van der Waals surface area contributed by atoms with Crippen LogP contribution in [0.2, 0.25) is 0 Å². The number of aryl methyl sites for hydroxylation is 1. The van der Waals surface area contributed by atoms with Crippen LogP contribution < -0.4 is 16.6 Å². The number of nitrogens with one attached hydrogen (secondary N) is 2. The fourth-order valence-electron chi connectivity index (χ4n) is 3.25. The maximum absolute atomic E-state index is 14.0. The van der Waals surface area contributed by atoms with Crippen molar-refractivity contribution < 1.29 is 13.6 Å². The number of benzene rings is 2. The summed E-state index contributed by atoms with van der Waals surface area (Å²) in [7, 11) is 0. The molecule has 0 radical (unpaired) electrons. The second-order valence-electron chi connectivity index (χ2n) is 6.98. The lowest BCUT2D eigenvalue weighted by Gasteiger charge is -2.12. The van der Waals surface area contributed by atoms with Gasteiger partial charge in [0.15, 0.2) is 0 Å². The van der Waals surface area contributed by atoms with Crippen molar-refractivity contribution in [1.82, 2.24) is 19.3 Å². The van der Waals surface area contributed by atoms with E-state index in [4.69, 9.17) is 0 Å². The second kappa shape index (κ2) is 7.98. The Labute approximate surface area is 173 Å². The van der Waals surface area contributed by atoms with Crippen LogP contribution in [0.5, 0.6) is 0 Å². The largest absolute Gasteiger partial charge is 0.329 e. The highest BCUT2D eigenvalue weighted by atomic mass is 19.1. The van der Waals surface area contributed by atoms with Gasteiger partial charge in [0.1, 0.15) is 24.0 Å². The van der Waals surface area contributed by atoms with E-state index in [1.165, 1.54) is 10.9 Å². The number of halogens is 2. The highest BCUT2D eigenvalue weighted by Gasteiger charge is 2.16. The SMILES string of the molecule is Cc1cnn(Cc2cc(F)ccc2F)c1NC(=O)Cn1c(=O)[nH]c2ccccc2c1=O. The fourth-order valence-corrected chi connectivity index (χ4v) is 3.25. The summed E-state index contributed by atoms with van der Waals surface area (Å²) in [5.41, 5.74) is -0.307. The number of hydrogen-bond donors (Lipinski definition) is 2. The molecule has 2 heterocycles. The molecule has 31 heavy (non-hydrogen) atoms. The molecule has 0 aliphatic carbocycles. The molecule has 0 saturated heterocycles. The number of anilines is 1.